The molecule has 0 spiro atoms. The molecule has 0 saturated heterocycles. The van der Waals surface area contributed by atoms with E-state index in [0.29, 0.717) is 30.6 Å². The lowest BCUT2D eigenvalue weighted by atomic mass is 9.83. The van der Waals surface area contributed by atoms with Gasteiger partial charge in [-0.05, 0) is 48.8 Å². The third-order valence-electron chi connectivity index (χ3n) is 6.46. The molecule has 2 aromatic rings. The van der Waals surface area contributed by atoms with Gasteiger partial charge in [0.25, 0.3) is 5.91 Å². The molecule has 200 valence electrons. The Balaban J connectivity index is 0.00000145. The van der Waals surface area contributed by atoms with Crippen LogP contribution < -0.4 is 5.32 Å². The van der Waals surface area contributed by atoms with Crippen LogP contribution in [-0.2, 0) is 24.4 Å². The summed E-state index contributed by atoms with van der Waals surface area (Å²) in [5.74, 6) is -1.20. The lowest BCUT2D eigenvalue weighted by Crippen LogP contribution is -2.31. The predicted octanol–water partition coefficient (Wildman–Crippen LogP) is 5.85. The third-order valence-corrected chi connectivity index (χ3v) is 6.81. The molecule has 1 atom stereocenters. The van der Waals surface area contributed by atoms with Crippen LogP contribution in [0.25, 0.3) is 5.69 Å². The summed E-state index contributed by atoms with van der Waals surface area (Å²) in [5, 5.41) is 2.88. The summed E-state index contributed by atoms with van der Waals surface area (Å²) >= 11 is 5.71. The van der Waals surface area contributed by atoms with Gasteiger partial charge >= 0.3 is 17.7 Å². The molecule has 0 aliphatic heterocycles. The van der Waals surface area contributed by atoms with Gasteiger partial charge in [-0.15, -0.1) is 0 Å². The van der Waals surface area contributed by atoms with Gasteiger partial charge in [0.05, 0.1) is 11.6 Å². The van der Waals surface area contributed by atoms with Gasteiger partial charge in [0, 0.05) is 13.0 Å². The molecule has 36 heavy (non-hydrogen) atoms. The molecule has 1 aliphatic rings. The molecule has 1 aromatic carbocycles. The Labute approximate surface area is 216 Å². The van der Waals surface area contributed by atoms with E-state index in [1.807, 2.05) is 0 Å². The fourth-order valence-corrected chi connectivity index (χ4v) is 4.57. The minimum atomic E-state index is -4.35. The van der Waals surface area contributed by atoms with E-state index in [-0.39, 0.29) is 28.5 Å². The van der Waals surface area contributed by atoms with Crippen molar-refractivity contribution in [2.45, 2.75) is 65.5 Å². The van der Waals surface area contributed by atoms with Crippen LogP contribution in [0.15, 0.2) is 18.2 Å². The van der Waals surface area contributed by atoms with Gasteiger partial charge < -0.3 is 5.32 Å². The van der Waals surface area contributed by atoms with Gasteiger partial charge in [0.1, 0.15) is 16.8 Å². The van der Waals surface area contributed by atoms with Gasteiger partial charge in [-0.3, -0.25) is 9.36 Å². The van der Waals surface area contributed by atoms with Crippen molar-refractivity contribution in [1.82, 2.24) is 14.9 Å². The molecule has 1 saturated carbocycles. The first-order chi connectivity index (χ1) is 16.9. The Morgan fingerprint density at radius 1 is 1.25 bits per heavy atom. The normalized spacial score (nSPS) is 18.7. The van der Waals surface area contributed by atoms with Crippen LogP contribution in [0.2, 0.25) is 5.15 Å². The molecule has 1 aromatic heterocycles. The van der Waals surface area contributed by atoms with E-state index >= 15 is 0 Å². The van der Waals surface area contributed by atoms with Crippen LogP contribution in [0.5, 0.6) is 0 Å². The van der Waals surface area contributed by atoms with E-state index < -0.39 is 35.4 Å². The number of benzene rings is 1. The Morgan fingerprint density at radius 2 is 1.86 bits per heavy atom. The third kappa shape index (κ3) is 7.86. The molecule has 1 aliphatic carbocycles. The van der Waals surface area contributed by atoms with E-state index in [1.165, 1.54) is 16.7 Å². The molecule has 1 heterocycles. The highest BCUT2D eigenvalue weighted by atomic mass is 35.5. The molecular weight excluding hydrogens is 522 g/mol. The van der Waals surface area contributed by atoms with E-state index in [1.54, 1.807) is 6.92 Å². The lowest BCUT2D eigenvalue weighted by Gasteiger charge is -2.26. The quantitative estimate of drug-likeness (QED) is 0.437. The summed E-state index contributed by atoms with van der Waals surface area (Å²) in [5.41, 5.74) is 0.301. The molecule has 1 amide bonds. The zero-order valence-electron chi connectivity index (χ0n) is 20.3. The molecular formula is C24H30ClF4N3O3S. The van der Waals surface area contributed by atoms with E-state index in [9.17, 15) is 22.4 Å². The maximum atomic E-state index is 14.9. The van der Waals surface area contributed by atoms with Crippen LogP contribution in [0, 0.1) is 23.6 Å². The first kappa shape index (κ1) is 30.0. The van der Waals surface area contributed by atoms with Crippen LogP contribution in [0.3, 0.4) is 0 Å². The maximum Gasteiger partial charge on any atom is 0.391 e. The molecule has 0 radical (unpaired) electrons. The number of nitrogens with one attached hydrogen (secondary N) is 1. The minimum Gasteiger partial charge on any atom is -0.350 e. The van der Waals surface area contributed by atoms with Crippen LogP contribution in [-0.4, -0.2) is 36.6 Å². The first-order valence-corrected chi connectivity index (χ1v) is 12.8. The number of carbonyl (C=O) groups is 1. The summed E-state index contributed by atoms with van der Waals surface area (Å²) in [6, 6.07) is 3.91. The number of hydrogen-bond donors (Lipinski definition) is 1. The second-order valence-corrected chi connectivity index (χ2v) is 9.69. The minimum absolute atomic E-state index is 0.0167. The monoisotopic (exact) mass is 551 g/mol. The summed E-state index contributed by atoms with van der Waals surface area (Å²) in [4.78, 5) is 17.1. The topological polar surface area (TPSA) is 81.1 Å². The van der Waals surface area contributed by atoms with E-state index in [4.69, 9.17) is 20.0 Å². The molecule has 1 unspecified atom stereocenters. The maximum absolute atomic E-state index is 14.9. The van der Waals surface area contributed by atoms with Gasteiger partial charge in [0.2, 0.25) is 0 Å². The van der Waals surface area contributed by atoms with Gasteiger partial charge in [-0.25, -0.2) is 9.37 Å². The number of imidazole rings is 1. The number of aryl methyl sites for hydroxylation is 1. The standard InChI is InChI=1S/C24H30ClF4N3O.O2S/c1-4-20-31-21(23(33)30-13-16-7-5-14(2)6-8-16)22(25)32(20)19-10-9-17(12-18(19)26)11-15(3)24(27,28)29;1-3-2/h9-10,12,14-16H,4-8,11,13H2,1-3H3,(H,30,33);. The second kappa shape index (κ2) is 13.3. The summed E-state index contributed by atoms with van der Waals surface area (Å²) in [7, 11) is 0. The Kier molecular flexibility index (Phi) is 11.1. The smallest absolute Gasteiger partial charge is 0.350 e. The van der Waals surface area contributed by atoms with Crippen molar-refractivity contribution in [3.05, 3.63) is 46.3 Å². The summed E-state index contributed by atoms with van der Waals surface area (Å²) < 4.78 is 71.4. The number of carbonyl (C=O) groups excluding carboxylic acids is 1. The number of nitrogens with zero attached hydrogens (tertiary/aromatic N) is 2. The first-order valence-electron chi connectivity index (χ1n) is 11.7. The average Bonchev–Trinajstić information content (AvgIpc) is 3.14. The zero-order valence-corrected chi connectivity index (χ0v) is 21.9. The van der Waals surface area contributed by atoms with Crippen molar-refractivity contribution in [2.75, 3.05) is 6.54 Å². The van der Waals surface area contributed by atoms with Crippen molar-refractivity contribution in [1.29, 1.82) is 0 Å². The van der Waals surface area contributed by atoms with Gasteiger partial charge in [0.15, 0.2) is 5.69 Å². The second-order valence-electron chi connectivity index (χ2n) is 9.19. The van der Waals surface area contributed by atoms with Crippen LogP contribution in [0.4, 0.5) is 17.6 Å². The number of aromatic nitrogens is 2. The predicted molar refractivity (Wildman–Crippen MR) is 129 cm³/mol. The van der Waals surface area contributed by atoms with Crippen molar-refractivity contribution in [3.63, 3.8) is 0 Å². The van der Waals surface area contributed by atoms with Crippen LogP contribution >= 0.6 is 11.6 Å². The molecule has 1 fully saturated rings. The molecule has 0 bridgehead atoms. The zero-order chi connectivity index (χ0) is 27.0. The molecule has 6 nitrogen and oxygen atoms in total. The molecule has 3 rings (SSSR count). The highest BCUT2D eigenvalue weighted by molar-refractivity contribution is 7.51. The lowest BCUT2D eigenvalue weighted by molar-refractivity contribution is -0.169. The van der Waals surface area contributed by atoms with E-state index in [2.05, 4.69) is 17.2 Å². The fraction of sp³-hybridized carbons (Fsp3) is 0.583. The Morgan fingerprint density at radius 3 is 2.39 bits per heavy atom. The summed E-state index contributed by atoms with van der Waals surface area (Å²) in [6.07, 6.45) is 0.130. The SMILES string of the molecule is CCc1nc(C(=O)NCC2CCC(C)CC2)c(Cl)n1-c1ccc(CC(C)C(F)(F)F)cc1F.O=S=O. The van der Waals surface area contributed by atoms with Crippen molar-refractivity contribution in [2.24, 2.45) is 17.8 Å². The number of amides is 1. The van der Waals surface area contributed by atoms with Gasteiger partial charge in [-0.2, -0.15) is 21.6 Å². The molecule has 1 N–H and O–H groups in total. The fourth-order valence-electron chi connectivity index (χ4n) is 4.25. The Hall–Kier alpha value is -2.27. The van der Waals surface area contributed by atoms with Crippen molar-refractivity contribution >= 4 is 29.1 Å². The summed E-state index contributed by atoms with van der Waals surface area (Å²) in [6.45, 7) is 5.64. The van der Waals surface area contributed by atoms with Crippen molar-refractivity contribution in [3.8, 4) is 5.69 Å². The molecule has 12 heteroatoms. The van der Waals surface area contributed by atoms with Gasteiger partial charge in [-0.1, -0.05) is 51.3 Å². The van der Waals surface area contributed by atoms with E-state index in [0.717, 1.165) is 38.7 Å². The highest BCUT2D eigenvalue weighted by Crippen LogP contribution is 2.31. The number of alkyl halides is 3. The highest BCUT2D eigenvalue weighted by Gasteiger charge is 2.36. The Bertz CT molecular complexity index is 1080. The number of rotatable bonds is 7. The van der Waals surface area contributed by atoms with Crippen LogP contribution in [0.1, 0.15) is 68.3 Å². The number of halogens is 5. The number of hydrogen-bond acceptors (Lipinski definition) is 4. The van der Waals surface area contributed by atoms with Crippen molar-refractivity contribution < 1.29 is 30.8 Å². The largest absolute Gasteiger partial charge is 0.391 e. The average molecular weight is 552 g/mol.